The summed E-state index contributed by atoms with van der Waals surface area (Å²) in [5.41, 5.74) is 0.456. The van der Waals surface area contributed by atoms with E-state index in [0.29, 0.717) is 13.2 Å². The molecule has 0 aromatic heterocycles. The van der Waals surface area contributed by atoms with Crippen molar-refractivity contribution < 1.29 is 4.74 Å². The van der Waals surface area contributed by atoms with Crippen molar-refractivity contribution >= 4 is 6.21 Å². The summed E-state index contributed by atoms with van der Waals surface area (Å²) >= 11 is 0. The van der Waals surface area contributed by atoms with E-state index in [2.05, 4.69) is 16.9 Å². The minimum Gasteiger partial charge on any atom is -0.356 e. The van der Waals surface area contributed by atoms with Gasteiger partial charge in [-0.2, -0.15) is 0 Å². The van der Waals surface area contributed by atoms with Crippen molar-refractivity contribution in [2.45, 2.75) is 19.6 Å². The van der Waals surface area contributed by atoms with Crippen LogP contribution in [0, 0.1) is 0 Å². The van der Waals surface area contributed by atoms with Gasteiger partial charge in [0.15, 0.2) is 5.72 Å². The average molecular weight is 154 g/mol. The van der Waals surface area contributed by atoms with Crippen LogP contribution >= 0.6 is 0 Å². The molecule has 1 atom stereocenters. The van der Waals surface area contributed by atoms with Crippen molar-refractivity contribution in [2.24, 2.45) is 4.99 Å². The molecule has 1 aliphatic heterocycles. The van der Waals surface area contributed by atoms with Gasteiger partial charge in [-0.1, -0.05) is 6.58 Å². The number of hydrogen-bond donors (Lipinski definition) is 1. The van der Waals surface area contributed by atoms with Crippen molar-refractivity contribution in [3.63, 3.8) is 0 Å². The molecular weight excluding hydrogens is 140 g/mol. The quantitative estimate of drug-likeness (QED) is 0.642. The average Bonchev–Trinajstić information content (AvgIpc) is 1.97. The normalized spacial score (nSPS) is 30.9. The van der Waals surface area contributed by atoms with Crippen LogP contribution in [0.25, 0.3) is 0 Å². The zero-order valence-electron chi connectivity index (χ0n) is 7.05. The zero-order valence-corrected chi connectivity index (χ0v) is 7.05. The van der Waals surface area contributed by atoms with Crippen LogP contribution in [0.5, 0.6) is 0 Å². The predicted octanol–water partition coefficient (Wildman–Crippen LogP) is 0.927. The summed E-state index contributed by atoms with van der Waals surface area (Å²) in [5, 5.41) is 3.18. The van der Waals surface area contributed by atoms with Crippen LogP contribution < -0.4 is 5.32 Å². The molecule has 62 valence electrons. The first-order chi connectivity index (χ1) is 5.16. The van der Waals surface area contributed by atoms with Crippen molar-refractivity contribution in [1.29, 1.82) is 0 Å². The summed E-state index contributed by atoms with van der Waals surface area (Å²) in [6.45, 7) is 9.02. The Morgan fingerprint density at radius 1 is 1.91 bits per heavy atom. The van der Waals surface area contributed by atoms with Crippen molar-refractivity contribution in [3.8, 4) is 0 Å². The van der Waals surface area contributed by atoms with E-state index in [-0.39, 0.29) is 0 Å². The van der Waals surface area contributed by atoms with Gasteiger partial charge in [-0.3, -0.25) is 10.3 Å². The first-order valence-electron chi connectivity index (χ1n) is 3.78. The lowest BCUT2D eigenvalue weighted by atomic mass is 10.2. The summed E-state index contributed by atoms with van der Waals surface area (Å²) in [5.74, 6) is 0. The van der Waals surface area contributed by atoms with Crippen molar-refractivity contribution in [1.82, 2.24) is 5.32 Å². The number of rotatable bonds is 2. The van der Waals surface area contributed by atoms with Gasteiger partial charge < -0.3 is 4.74 Å². The van der Waals surface area contributed by atoms with Gasteiger partial charge in [0.05, 0.1) is 6.21 Å². The summed E-state index contributed by atoms with van der Waals surface area (Å²) in [6, 6.07) is 0. The van der Waals surface area contributed by atoms with E-state index in [1.807, 2.05) is 13.8 Å². The third-order valence-electron chi connectivity index (χ3n) is 1.58. The molecule has 0 aromatic rings. The van der Waals surface area contributed by atoms with Crippen LogP contribution in [0.3, 0.4) is 0 Å². The van der Waals surface area contributed by atoms with Crippen LogP contribution in [0.1, 0.15) is 13.8 Å². The highest BCUT2D eigenvalue weighted by Gasteiger charge is 2.23. The number of hydrogen-bond acceptors (Lipinski definition) is 3. The largest absolute Gasteiger partial charge is 0.356 e. The van der Waals surface area contributed by atoms with Gasteiger partial charge in [-0.05, 0) is 13.8 Å². The first-order valence-corrected chi connectivity index (χ1v) is 3.78. The van der Waals surface area contributed by atoms with E-state index in [9.17, 15) is 0 Å². The molecule has 11 heavy (non-hydrogen) atoms. The van der Waals surface area contributed by atoms with Gasteiger partial charge in [0, 0.05) is 18.8 Å². The minimum atomic E-state index is -0.393. The van der Waals surface area contributed by atoms with Crippen LogP contribution in [0.2, 0.25) is 0 Å². The maximum Gasteiger partial charge on any atom is 0.152 e. The van der Waals surface area contributed by atoms with E-state index < -0.39 is 5.72 Å². The monoisotopic (exact) mass is 154 g/mol. The number of aliphatic imine (C=N–C) groups is 1. The maximum absolute atomic E-state index is 5.42. The Bertz CT molecular complexity index is 189. The second kappa shape index (κ2) is 3.15. The minimum absolute atomic E-state index is 0.393. The summed E-state index contributed by atoms with van der Waals surface area (Å²) in [4.78, 5) is 4.09. The smallest absolute Gasteiger partial charge is 0.152 e. The third-order valence-corrected chi connectivity index (χ3v) is 1.58. The number of ether oxygens (including phenoxy) is 1. The van der Waals surface area contributed by atoms with Gasteiger partial charge in [-0.25, -0.2) is 0 Å². The molecular formula is C8H14N2O. The van der Waals surface area contributed by atoms with E-state index in [1.165, 1.54) is 0 Å². The topological polar surface area (TPSA) is 33.6 Å². The third kappa shape index (κ3) is 2.13. The second-order valence-corrected chi connectivity index (χ2v) is 2.72. The molecule has 0 amide bonds. The molecule has 1 rings (SSSR count). The van der Waals surface area contributed by atoms with Crippen LogP contribution in [-0.2, 0) is 4.74 Å². The Balaban J connectivity index is 2.60. The summed E-state index contributed by atoms with van der Waals surface area (Å²) in [7, 11) is 0. The van der Waals surface area contributed by atoms with Crippen LogP contribution in [-0.4, -0.2) is 25.1 Å². The lowest BCUT2D eigenvalue weighted by Gasteiger charge is -2.29. The molecule has 1 heterocycles. The Morgan fingerprint density at radius 2 is 2.64 bits per heavy atom. The van der Waals surface area contributed by atoms with Gasteiger partial charge in [-0.15, -0.1) is 0 Å². The number of nitrogens with one attached hydrogen (secondary N) is 1. The Hall–Kier alpha value is -0.670. The standard InChI is InChI=1S/C8H14N2O/c1-4-11-8(3)6-9-7(2)5-10-8/h6,10H,2,4-5H2,1,3H3. The molecule has 1 N–H and O–H groups in total. The van der Waals surface area contributed by atoms with E-state index >= 15 is 0 Å². The molecule has 1 aliphatic rings. The maximum atomic E-state index is 5.42. The van der Waals surface area contributed by atoms with Gasteiger partial charge in [0.2, 0.25) is 0 Å². The molecule has 3 nitrogen and oxygen atoms in total. The Kier molecular flexibility index (Phi) is 2.42. The highest BCUT2D eigenvalue weighted by Crippen LogP contribution is 2.09. The van der Waals surface area contributed by atoms with E-state index in [0.717, 1.165) is 5.70 Å². The number of nitrogens with zero attached hydrogens (tertiary/aromatic N) is 1. The van der Waals surface area contributed by atoms with Crippen LogP contribution in [0.15, 0.2) is 17.3 Å². The molecule has 0 fully saturated rings. The highest BCUT2D eigenvalue weighted by molar-refractivity contribution is 5.70. The van der Waals surface area contributed by atoms with Crippen molar-refractivity contribution in [2.75, 3.05) is 13.2 Å². The predicted molar refractivity (Wildman–Crippen MR) is 45.7 cm³/mol. The molecule has 0 saturated carbocycles. The second-order valence-electron chi connectivity index (χ2n) is 2.72. The Labute approximate surface area is 67.2 Å². The molecule has 0 saturated heterocycles. The molecule has 0 radical (unpaired) electrons. The van der Waals surface area contributed by atoms with E-state index in [1.54, 1.807) is 6.21 Å². The summed E-state index contributed by atoms with van der Waals surface area (Å²) in [6.07, 6.45) is 1.75. The SMILES string of the molecule is C=C1CNC(C)(OCC)C=N1. The molecule has 1 unspecified atom stereocenters. The lowest BCUT2D eigenvalue weighted by molar-refractivity contribution is 0.00751. The zero-order chi connectivity index (χ0) is 8.32. The molecule has 0 aromatic carbocycles. The first kappa shape index (κ1) is 8.43. The molecule has 3 heteroatoms. The Morgan fingerprint density at radius 3 is 3.09 bits per heavy atom. The lowest BCUT2D eigenvalue weighted by Crippen LogP contribution is -2.49. The fourth-order valence-corrected chi connectivity index (χ4v) is 0.971. The van der Waals surface area contributed by atoms with Gasteiger partial charge in [0.25, 0.3) is 0 Å². The molecule has 0 aliphatic carbocycles. The highest BCUT2D eigenvalue weighted by atomic mass is 16.5. The fourth-order valence-electron chi connectivity index (χ4n) is 0.971. The molecule has 0 spiro atoms. The fraction of sp³-hybridized carbons (Fsp3) is 0.625. The van der Waals surface area contributed by atoms with Gasteiger partial charge in [0.1, 0.15) is 0 Å². The van der Waals surface area contributed by atoms with Crippen molar-refractivity contribution in [3.05, 3.63) is 12.3 Å². The van der Waals surface area contributed by atoms with Crippen LogP contribution in [0.4, 0.5) is 0 Å². The van der Waals surface area contributed by atoms with Gasteiger partial charge >= 0.3 is 0 Å². The summed E-state index contributed by atoms with van der Waals surface area (Å²) < 4.78 is 5.42. The molecule has 0 bridgehead atoms. The van der Waals surface area contributed by atoms with E-state index in [4.69, 9.17) is 4.74 Å².